The van der Waals surface area contributed by atoms with Crippen LogP contribution in [0.1, 0.15) is 40.2 Å². The van der Waals surface area contributed by atoms with Crippen LogP contribution in [-0.4, -0.2) is 41.7 Å². The van der Waals surface area contributed by atoms with Crippen molar-refractivity contribution in [3.63, 3.8) is 0 Å². The fraction of sp³-hybridized carbons (Fsp3) is 0.450. The zero-order valence-electron chi connectivity index (χ0n) is 15.3. The van der Waals surface area contributed by atoms with Gasteiger partial charge in [0.25, 0.3) is 5.91 Å². The third-order valence-corrected chi connectivity index (χ3v) is 6.03. The predicted octanol–water partition coefficient (Wildman–Crippen LogP) is 3.55. The van der Waals surface area contributed by atoms with Crippen LogP contribution in [0.25, 0.3) is 0 Å². The standard InChI is InChI=1S/C20H25N3O2S/c1-14-18(26-20(21-2)22-14)19(25)23-12-6-9-16(13-23)17(24)11-10-15-7-4-3-5-8-15/h3-5,7-8,16H,6,9-13H2,1-2H3,(H,21,22). The van der Waals surface area contributed by atoms with Crippen molar-refractivity contribution in [3.05, 3.63) is 46.5 Å². The summed E-state index contributed by atoms with van der Waals surface area (Å²) < 4.78 is 0. The topological polar surface area (TPSA) is 62.3 Å². The lowest BCUT2D eigenvalue weighted by Gasteiger charge is -2.32. The van der Waals surface area contributed by atoms with Gasteiger partial charge >= 0.3 is 0 Å². The fourth-order valence-electron chi connectivity index (χ4n) is 3.39. The number of benzene rings is 1. The van der Waals surface area contributed by atoms with Crippen LogP contribution in [-0.2, 0) is 11.2 Å². The van der Waals surface area contributed by atoms with E-state index >= 15 is 0 Å². The van der Waals surface area contributed by atoms with E-state index < -0.39 is 0 Å². The number of carbonyl (C=O) groups excluding carboxylic acids is 2. The smallest absolute Gasteiger partial charge is 0.265 e. The highest BCUT2D eigenvalue weighted by Crippen LogP contribution is 2.27. The van der Waals surface area contributed by atoms with Gasteiger partial charge in [-0.15, -0.1) is 0 Å². The first-order chi connectivity index (χ1) is 12.6. The Morgan fingerprint density at radius 2 is 2.08 bits per heavy atom. The van der Waals surface area contributed by atoms with E-state index in [9.17, 15) is 9.59 Å². The molecule has 26 heavy (non-hydrogen) atoms. The number of anilines is 1. The number of nitrogens with one attached hydrogen (secondary N) is 1. The molecule has 1 aliphatic rings. The molecule has 1 saturated heterocycles. The van der Waals surface area contributed by atoms with Crippen molar-refractivity contribution < 1.29 is 9.59 Å². The summed E-state index contributed by atoms with van der Waals surface area (Å²) in [5.74, 6) is 0.221. The number of amides is 1. The summed E-state index contributed by atoms with van der Waals surface area (Å²) in [5.41, 5.74) is 1.94. The van der Waals surface area contributed by atoms with Gasteiger partial charge in [0.1, 0.15) is 10.7 Å². The molecule has 0 spiro atoms. The zero-order valence-corrected chi connectivity index (χ0v) is 16.1. The lowest BCUT2D eigenvalue weighted by molar-refractivity contribution is -0.124. The molecule has 0 aliphatic carbocycles. The van der Waals surface area contributed by atoms with Crippen LogP contribution in [0.4, 0.5) is 5.13 Å². The fourth-order valence-corrected chi connectivity index (χ4v) is 4.27. The highest BCUT2D eigenvalue weighted by Gasteiger charge is 2.30. The first-order valence-corrected chi connectivity index (χ1v) is 9.91. The molecular weight excluding hydrogens is 346 g/mol. The van der Waals surface area contributed by atoms with Crippen molar-refractivity contribution in [1.29, 1.82) is 0 Å². The second kappa shape index (κ2) is 8.45. The van der Waals surface area contributed by atoms with Crippen LogP contribution in [0.15, 0.2) is 30.3 Å². The normalized spacial score (nSPS) is 17.2. The van der Waals surface area contributed by atoms with E-state index in [-0.39, 0.29) is 17.6 Å². The van der Waals surface area contributed by atoms with Crippen LogP contribution < -0.4 is 5.32 Å². The predicted molar refractivity (Wildman–Crippen MR) is 105 cm³/mol. The first-order valence-electron chi connectivity index (χ1n) is 9.09. The van der Waals surface area contributed by atoms with E-state index in [1.165, 1.54) is 16.9 Å². The van der Waals surface area contributed by atoms with Gasteiger partial charge in [0.05, 0.1) is 5.69 Å². The monoisotopic (exact) mass is 371 g/mol. The third-order valence-electron chi connectivity index (χ3n) is 4.87. The molecule has 1 atom stereocenters. The summed E-state index contributed by atoms with van der Waals surface area (Å²) in [5, 5.41) is 3.74. The van der Waals surface area contributed by atoms with E-state index in [1.54, 1.807) is 7.05 Å². The minimum atomic E-state index is -0.0478. The number of Topliss-reactive ketones (excluding diaryl/α,β-unsaturated/α-hetero) is 1. The summed E-state index contributed by atoms with van der Waals surface area (Å²) >= 11 is 1.38. The lowest BCUT2D eigenvalue weighted by Crippen LogP contribution is -2.42. The van der Waals surface area contributed by atoms with Gasteiger partial charge in [-0.1, -0.05) is 41.7 Å². The summed E-state index contributed by atoms with van der Waals surface area (Å²) in [7, 11) is 1.80. The molecule has 1 amide bonds. The van der Waals surface area contributed by atoms with Crippen molar-refractivity contribution >= 4 is 28.2 Å². The van der Waals surface area contributed by atoms with E-state index in [0.29, 0.717) is 24.4 Å². The lowest BCUT2D eigenvalue weighted by atomic mass is 9.90. The van der Waals surface area contributed by atoms with Gasteiger partial charge < -0.3 is 10.2 Å². The number of hydrogen-bond donors (Lipinski definition) is 1. The molecule has 1 fully saturated rings. The summed E-state index contributed by atoms with van der Waals surface area (Å²) in [6, 6.07) is 10.1. The van der Waals surface area contributed by atoms with E-state index in [2.05, 4.69) is 22.4 Å². The number of hydrogen-bond acceptors (Lipinski definition) is 5. The minimum absolute atomic E-state index is 0.00191. The number of aryl methyl sites for hydroxylation is 2. The Balaban J connectivity index is 1.60. The Morgan fingerprint density at radius 1 is 1.31 bits per heavy atom. The molecule has 1 unspecified atom stereocenters. The Bertz CT molecular complexity index is 773. The van der Waals surface area contributed by atoms with Crippen molar-refractivity contribution in [2.75, 3.05) is 25.5 Å². The molecule has 5 nitrogen and oxygen atoms in total. The Labute approximate surface area is 158 Å². The number of aromatic nitrogens is 1. The molecule has 0 bridgehead atoms. The van der Waals surface area contributed by atoms with Gasteiger partial charge in [-0.2, -0.15) is 0 Å². The highest BCUT2D eigenvalue weighted by atomic mass is 32.1. The molecule has 0 saturated carbocycles. The van der Waals surface area contributed by atoms with Gasteiger partial charge in [-0.3, -0.25) is 9.59 Å². The Hall–Kier alpha value is -2.21. The third kappa shape index (κ3) is 4.30. The molecule has 0 radical (unpaired) electrons. The number of rotatable bonds is 6. The largest absolute Gasteiger partial charge is 0.365 e. The average molecular weight is 372 g/mol. The van der Waals surface area contributed by atoms with Crippen molar-refractivity contribution in [3.8, 4) is 0 Å². The van der Waals surface area contributed by atoms with Crippen molar-refractivity contribution in [1.82, 2.24) is 9.88 Å². The highest BCUT2D eigenvalue weighted by molar-refractivity contribution is 7.17. The maximum atomic E-state index is 12.9. The molecule has 1 aromatic carbocycles. The maximum Gasteiger partial charge on any atom is 0.265 e. The summed E-state index contributed by atoms with van der Waals surface area (Å²) in [6.07, 6.45) is 3.06. The van der Waals surface area contributed by atoms with E-state index in [4.69, 9.17) is 0 Å². The van der Waals surface area contributed by atoms with Gasteiger partial charge in [-0.25, -0.2) is 4.98 Å². The molecule has 3 rings (SSSR count). The molecule has 138 valence electrons. The molecule has 6 heteroatoms. The summed E-state index contributed by atoms with van der Waals surface area (Å²) in [4.78, 5) is 32.3. The van der Waals surface area contributed by atoms with Gasteiger partial charge in [-0.05, 0) is 31.7 Å². The second-order valence-corrected chi connectivity index (χ2v) is 7.72. The molecular formula is C20H25N3O2S. The van der Waals surface area contributed by atoms with Crippen molar-refractivity contribution in [2.45, 2.75) is 32.6 Å². The van der Waals surface area contributed by atoms with Crippen LogP contribution in [0, 0.1) is 12.8 Å². The van der Waals surface area contributed by atoms with Gasteiger partial charge in [0.15, 0.2) is 5.13 Å². The number of thiazole rings is 1. The van der Waals surface area contributed by atoms with Gasteiger partial charge in [0.2, 0.25) is 0 Å². The summed E-state index contributed by atoms with van der Waals surface area (Å²) in [6.45, 7) is 3.10. The second-order valence-electron chi connectivity index (χ2n) is 6.73. The van der Waals surface area contributed by atoms with Crippen LogP contribution in [0.5, 0.6) is 0 Å². The minimum Gasteiger partial charge on any atom is -0.365 e. The first kappa shape index (κ1) is 18.6. The Kier molecular flexibility index (Phi) is 6.04. The van der Waals surface area contributed by atoms with Crippen molar-refractivity contribution in [2.24, 2.45) is 5.92 Å². The number of piperidine rings is 1. The molecule has 1 aromatic heterocycles. The van der Waals surface area contributed by atoms with Crippen LogP contribution in [0.2, 0.25) is 0 Å². The molecule has 1 aliphatic heterocycles. The van der Waals surface area contributed by atoms with Crippen LogP contribution in [0.3, 0.4) is 0 Å². The Morgan fingerprint density at radius 3 is 2.77 bits per heavy atom. The molecule has 2 heterocycles. The number of carbonyl (C=O) groups is 2. The molecule has 1 N–H and O–H groups in total. The van der Waals surface area contributed by atoms with E-state index in [1.807, 2.05) is 30.0 Å². The van der Waals surface area contributed by atoms with Crippen LogP contribution >= 0.6 is 11.3 Å². The van der Waals surface area contributed by atoms with Gasteiger partial charge in [0, 0.05) is 32.5 Å². The SMILES string of the molecule is CNc1nc(C)c(C(=O)N2CCCC(C(=O)CCc3ccccc3)C2)s1. The quantitative estimate of drug-likeness (QED) is 0.843. The number of likely N-dealkylation sites (tertiary alicyclic amines) is 1. The number of nitrogens with zero attached hydrogens (tertiary/aromatic N) is 2. The average Bonchev–Trinajstić information content (AvgIpc) is 3.07. The maximum absolute atomic E-state index is 12.9. The number of ketones is 1. The van der Waals surface area contributed by atoms with E-state index in [0.717, 1.165) is 30.1 Å². The zero-order chi connectivity index (χ0) is 18.5. The molecule has 2 aromatic rings.